The number of thiophene rings is 1. The minimum absolute atomic E-state index is 0.263. The fourth-order valence-corrected chi connectivity index (χ4v) is 4.98. The molecule has 1 aromatic rings. The molecule has 1 aliphatic rings. The van der Waals surface area contributed by atoms with Crippen molar-refractivity contribution in [1.29, 1.82) is 0 Å². The molecule has 0 spiro atoms. The Bertz CT molecular complexity index is 522. The predicted molar refractivity (Wildman–Crippen MR) is 84.8 cm³/mol. The van der Waals surface area contributed by atoms with Crippen LogP contribution in [0.25, 0.3) is 0 Å². The molecule has 2 heterocycles. The zero-order chi connectivity index (χ0) is 14.6. The van der Waals surface area contributed by atoms with E-state index < -0.39 is 10.0 Å². The van der Waals surface area contributed by atoms with Gasteiger partial charge in [0.05, 0.1) is 10.8 Å². The number of rotatable bonds is 6. The summed E-state index contributed by atoms with van der Waals surface area (Å²) in [7, 11) is -3.03. The van der Waals surface area contributed by atoms with Crippen LogP contribution in [0, 0.1) is 0 Å². The topological polar surface area (TPSA) is 49.4 Å². The lowest BCUT2D eigenvalue weighted by Crippen LogP contribution is -2.45. The van der Waals surface area contributed by atoms with E-state index in [4.69, 9.17) is 11.6 Å². The van der Waals surface area contributed by atoms with Crippen LogP contribution in [-0.2, 0) is 16.6 Å². The molecule has 4 nitrogen and oxygen atoms in total. The highest BCUT2D eigenvalue weighted by molar-refractivity contribution is 7.89. The standard InChI is InChI=1S/C13H21ClN2O2S2/c1-2-7-20(17,18)16-5-3-12(4-6-16)15-9-13-8-11(14)10-19-13/h8,10,12,15H,2-7,9H2,1H3. The van der Waals surface area contributed by atoms with Gasteiger partial charge < -0.3 is 5.32 Å². The van der Waals surface area contributed by atoms with Crippen molar-refractivity contribution in [3.63, 3.8) is 0 Å². The Morgan fingerprint density at radius 1 is 1.45 bits per heavy atom. The van der Waals surface area contributed by atoms with Gasteiger partial charge in [-0.05, 0) is 25.3 Å². The lowest BCUT2D eigenvalue weighted by Gasteiger charge is -2.31. The quantitative estimate of drug-likeness (QED) is 0.869. The number of sulfonamides is 1. The summed E-state index contributed by atoms with van der Waals surface area (Å²) in [5, 5.41) is 6.20. The monoisotopic (exact) mass is 336 g/mol. The molecule has 114 valence electrons. The molecule has 1 saturated heterocycles. The molecule has 1 N–H and O–H groups in total. The Labute approximate surface area is 130 Å². The molecule has 0 bridgehead atoms. The highest BCUT2D eigenvalue weighted by Gasteiger charge is 2.26. The third kappa shape index (κ3) is 4.43. The Morgan fingerprint density at radius 3 is 2.70 bits per heavy atom. The maximum absolute atomic E-state index is 12.0. The summed E-state index contributed by atoms with van der Waals surface area (Å²) >= 11 is 7.54. The minimum atomic E-state index is -3.03. The number of nitrogens with one attached hydrogen (secondary N) is 1. The third-order valence-corrected chi connectivity index (χ3v) is 6.86. The van der Waals surface area contributed by atoms with Gasteiger partial charge in [-0.3, -0.25) is 0 Å². The zero-order valence-corrected chi connectivity index (χ0v) is 14.0. The van der Waals surface area contributed by atoms with Gasteiger partial charge in [-0.2, -0.15) is 0 Å². The Balaban J connectivity index is 1.77. The van der Waals surface area contributed by atoms with Gasteiger partial charge in [0.2, 0.25) is 10.0 Å². The van der Waals surface area contributed by atoms with E-state index in [2.05, 4.69) is 5.32 Å². The van der Waals surface area contributed by atoms with Crippen molar-refractivity contribution in [2.45, 2.75) is 38.8 Å². The van der Waals surface area contributed by atoms with E-state index in [1.165, 1.54) is 4.88 Å². The largest absolute Gasteiger partial charge is 0.309 e. The molecule has 0 amide bonds. The summed E-state index contributed by atoms with van der Waals surface area (Å²) in [6.07, 6.45) is 2.43. The number of hydrogen-bond acceptors (Lipinski definition) is 4. The maximum atomic E-state index is 12.0. The van der Waals surface area contributed by atoms with Gasteiger partial charge in [0.15, 0.2) is 0 Å². The highest BCUT2D eigenvalue weighted by Crippen LogP contribution is 2.20. The summed E-state index contributed by atoms with van der Waals surface area (Å²) in [4.78, 5) is 1.22. The van der Waals surface area contributed by atoms with Crippen molar-refractivity contribution in [1.82, 2.24) is 9.62 Å². The molecule has 0 atom stereocenters. The van der Waals surface area contributed by atoms with Gasteiger partial charge in [0.1, 0.15) is 0 Å². The molecule has 20 heavy (non-hydrogen) atoms. The minimum Gasteiger partial charge on any atom is -0.309 e. The maximum Gasteiger partial charge on any atom is 0.214 e. The van der Waals surface area contributed by atoms with E-state index >= 15 is 0 Å². The molecule has 1 fully saturated rings. The van der Waals surface area contributed by atoms with Crippen LogP contribution in [0.3, 0.4) is 0 Å². The molecule has 0 saturated carbocycles. The van der Waals surface area contributed by atoms with Gasteiger partial charge in [0.25, 0.3) is 0 Å². The number of hydrogen-bond donors (Lipinski definition) is 1. The number of halogens is 1. The van der Waals surface area contributed by atoms with Crippen molar-refractivity contribution in [3.8, 4) is 0 Å². The number of piperidine rings is 1. The summed E-state index contributed by atoms with van der Waals surface area (Å²) in [6.45, 7) is 3.97. The van der Waals surface area contributed by atoms with E-state index in [1.54, 1.807) is 15.6 Å². The van der Waals surface area contributed by atoms with Crippen molar-refractivity contribution in [2.24, 2.45) is 0 Å². The normalized spacial score (nSPS) is 18.5. The molecular weight excluding hydrogens is 316 g/mol. The molecule has 1 aliphatic heterocycles. The average molecular weight is 337 g/mol. The molecule has 0 aromatic carbocycles. The Kier molecular flexibility index (Phi) is 5.86. The van der Waals surface area contributed by atoms with Gasteiger partial charge in [-0.1, -0.05) is 18.5 Å². The van der Waals surface area contributed by atoms with E-state index in [-0.39, 0.29) is 5.75 Å². The molecule has 0 aliphatic carbocycles. The predicted octanol–water partition coefficient (Wildman–Crippen LogP) is 2.70. The van der Waals surface area contributed by atoms with Gasteiger partial charge in [-0.25, -0.2) is 12.7 Å². The van der Waals surface area contributed by atoms with E-state index in [9.17, 15) is 8.42 Å². The van der Waals surface area contributed by atoms with Crippen LogP contribution >= 0.6 is 22.9 Å². The van der Waals surface area contributed by atoms with E-state index in [0.717, 1.165) is 24.4 Å². The van der Waals surface area contributed by atoms with Crippen LogP contribution in [0.5, 0.6) is 0 Å². The first kappa shape index (κ1) is 16.2. The van der Waals surface area contributed by atoms with Crippen molar-refractivity contribution >= 4 is 33.0 Å². The van der Waals surface area contributed by atoms with Crippen molar-refractivity contribution in [3.05, 3.63) is 21.3 Å². The van der Waals surface area contributed by atoms with Crippen LogP contribution in [0.1, 0.15) is 31.1 Å². The van der Waals surface area contributed by atoms with Gasteiger partial charge in [-0.15, -0.1) is 11.3 Å². The van der Waals surface area contributed by atoms with Crippen LogP contribution in [0.2, 0.25) is 5.02 Å². The van der Waals surface area contributed by atoms with Crippen LogP contribution in [0.15, 0.2) is 11.4 Å². The van der Waals surface area contributed by atoms with Gasteiger partial charge >= 0.3 is 0 Å². The first-order valence-corrected chi connectivity index (χ1v) is 9.82. The fourth-order valence-electron chi connectivity index (χ4n) is 2.42. The SMILES string of the molecule is CCCS(=O)(=O)N1CCC(NCc2cc(Cl)cs2)CC1. The molecule has 0 radical (unpaired) electrons. The lowest BCUT2D eigenvalue weighted by molar-refractivity contribution is 0.289. The second-order valence-corrected chi connectivity index (χ2v) is 8.62. The Hall–Kier alpha value is -0.140. The summed E-state index contributed by atoms with van der Waals surface area (Å²) in [5.41, 5.74) is 0. The first-order valence-electron chi connectivity index (χ1n) is 6.95. The molecule has 2 rings (SSSR count). The van der Waals surface area contributed by atoms with E-state index in [1.807, 2.05) is 18.4 Å². The summed E-state index contributed by atoms with van der Waals surface area (Å²) in [6, 6.07) is 2.36. The average Bonchev–Trinajstić information content (AvgIpc) is 2.83. The third-order valence-electron chi connectivity index (χ3n) is 3.50. The highest BCUT2D eigenvalue weighted by atomic mass is 35.5. The summed E-state index contributed by atoms with van der Waals surface area (Å²) < 4.78 is 25.6. The second kappa shape index (κ2) is 7.22. The first-order chi connectivity index (χ1) is 9.51. The molecule has 0 unspecified atom stereocenters. The van der Waals surface area contributed by atoms with Crippen LogP contribution < -0.4 is 5.32 Å². The number of nitrogens with zero attached hydrogens (tertiary/aromatic N) is 1. The smallest absolute Gasteiger partial charge is 0.214 e. The van der Waals surface area contributed by atoms with E-state index in [0.29, 0.717) is 25.6 Å². The molecule has 7 heteroatoms. The molecule has 1 aromatic heterocycles. The van der Waals surface area contributed by atoms with Crippen molar-refractivity contribution < 1.29 is 8.42 Å². The lowest BCUT2D eigenvalue weighted by atomic mass is 10.1. The molecular formula is C13H21ClN2O2S2. The van der Waals surface area contributed by atoms with Gasteiger partial charge in [0, 0.05) is 35.9 Å². The van der Waals surface area contributed by atoms with Crippen LogP contribution in [-0.4, -0.2) is 37.6 Å². The fraction of sp³-hybridized carbons (Fsp3) is 0.692. The summed E-state index contributed by atoms with van der Waals surface area (Å²) in [5.74, 6) is 0.263. The Morgan fingerprint density at radius 2 is 2.15 bits per heavy atom. The zero-order valence-electron chi connectivity index (χ0n) is 11.6. The van der Waals surface area contributed by atoms with Crippen LogP contribution in [0.4, 0.5) is 0 Å². The van der Waals surface area contributed by atoms with Crippen molar-refractivity contribution in [2.75, 3.05) is 18.8 Å². The second-order valence-electron chi connectivity index (χ2n) is 5.10.